The minimum Gasteiger partial charge on any atom is -0.381 e. The molecular weight excluding hydrogens is 218 g/mol. The predicted octanol–water partition coefficient (Wildman–Crippen LogP) is 2.53. The molecule has 0 saturated carbocycles. The van der Waals surface area contributed by atoms with Crippen molar-refractivity contribution in [1.82, 2.24) is 5.32 Å². The SMILES string of the molecule is CC1(C)CCSCC1NCC1CCCOC1. The molecule has 2 aliphatic rings. The van der Waals surface area contributed by atoms with Crippen LogP contribution in [0.2, 0.25) is 0 Å². The van der Waals surface area contributed by atoms with E-state index in [0.29, 0.717) is 11.5 Å². The second kappa shape index (κ2) is 5.74. The van der Waals surface area contributed by atoms with Crippen molar-refractivity contribution in [3.8, 4) is 0 Å². The standard InChI is InChI=1S/C13H25NOS/c1-13(2)5-7-16-10-12(13)14-8-11-4-3-6-15-9-11/h11-12,14H,3-10H2,1-2H3. The number of thioether (sulfide) groups is 1. The molecule has 0 aromatic rings. The van der Waals surface area contributed by atoms with Crippen LogP contribution in [0.3, 0.4) is 0 Å². The van der Waals surface area contributed by atoms with Crippen LogP contribution in [0.1, 0.15) is 33.1 Å². The third-order valence-electron chi connectivity index (χ3n) is 4.03. The van der Waals surface area contributed by atoms with Crippen molar-refractivity contribution in [1.29, 1.82) is 0 Å². The zero-order valence-corrected chi connectivity index (χ0v) is 11.4. The van der Waals surface area contributed by atoms with E-state index in [1.807, 2.05) is 0 Å². The maximum atomic E-state index is 5.53. The van der Waals surface area contributed by atoms with Gasteiger partial charge in [0.2, 0.25) is 0 Å². The van der Waals surface area contributed by atoms with Gasteiger partial charge in [0.05, 0.1) is 6.61 Å². The lowest BCUT2D eigenvalue weighted by atomic mass is 9.82. The van der Waals surface area contributed by atoms with E-state index in [-0.39, 0.29) is 0 Å². The van der Waals surface area contributed by atoms with Gasteiger partial charge in [-0.15, -0.1) is 0 Å². The largest absolute Gasteiger partial charge is 0.381 e. The Morgan fingerprint density at radius 3 is 3.00 bits per heavy atom. The Morgan fingerprint density at radius 1 is 1.44 bits per heavy atom. The lowest BCUT2D eigenvalue weighted by Gasteiger charge is -2.39. The zero-order chi connectivity index (χ0) is 11.4. The van der Waals surface area contributed by atoms with Crippen molar-refractivity contribution < 1.29 is 4.74 Å². The summed E-state index contributed by atoms with van der Waals surface area (Å²) in [7, 11) is 0. The second-order valence-electron chi connectivity index (χ2n) is 5.86. The van der Waals surface area contributed by atoms with Crippen LogP contribution in [0, 0.1) is 11.3 Å². The normalized spacial score (nSPS) is 34.9. The molecule has 2 saturated heterocycles. The minimum absolute atomic E-state index is 0.473. The molecular formula is C13H25NOS. The van der Waals surface area contributed by atoms with Gasteiger partial charge in [0.1, 0.15) is 0 Å². The van der Waals surface area contributed by atoms with Crippen molar-refractivity contribution >= 4 is 11.8 Å². The highest BCUT2D eigenvalue weighted by molar-refractivity contribution is 7.99. The van der Waals surface area contributed by atoms with Gasteiger partial charge < -0.3 is 10.1 Å². The topological polar surface area (TPSA) is 21.3 Å². The Kier molecular flexibility index (Phi) is 4.57. The fourth-order valence-corrected chi connectivity index (χ4v) is 4.19. The first-order valence-electron chi connectivity index (χ1n) is 6.57. The van der Waals surface area contributed by atoms with Gasteiger partial charge in [0.25, 0.3) is 0 Å². The van der Waals surface area contributed by atoms with Gasteiger partial charge in [-0.3, -0.25) is 0 Å². The van der Waals surface area contributed by atoms with Gasteiger partial charge in [-0.2, -0.15) is 11.8 Å². The average Bonchev–Trinajstić information content (AvgIpc) is 2.28. The van der Waals surface area contributed by atoms with Crippen LogP contribution in [0.4, 0.5) is 0 Å². The Labute approximate surface area is 104 Å². The van der Waals surface area contributed by atoms with E-state index in [1.165, 1.54) is 30.8 Å². The second-order valence-corrected chi connectivity index (χ2v) is 7.01. The van der Waals surface area contributed by atoms with Gasteiger partial charge in [-0.05, 0) is 36.3 Å². The summed E-state index contributed by atoms with van der Waals surface area (Å²) in [5.74, 6) is 3.36. The Hall–Kier alpha value is 0.270. The summed E-state index contributed by atoms with van der Waals surface area (Å²) in [5.41, 5.74) is 0.473. The zero-order valence-electron chi connectivity index (χ0n) is 10.6. The molecule has 2 atom stereocenters. The lowest BCUT2D eigenvalue weighted by molar-refractivity contribution is 0.0518. The third-order valence-corrected chi connectivity index (χ3v) is 5.09. The highest BCUT2D eigenvalue weighted by Gasteiger charge is 2.32. The molecule has 2 nitrogen and oxygen atoms in total. The molecule has 94 valence electrons. The van der Waals surface area contributed by atoms with Crippen molar-refractivity contribution in [3.05, 3.63) is 0 Å². The van der Waals surface area contributed by atoms with E-state index in [0.717, 1.165) is 25.7 Å². The molecule has 0 aliphatic carbocycles. The first-order valence-corrected chi connectivity index (χ1v) is 7.73. The molecule has 2 heterocycles. The summed E-state index contributed by atoms with van der Waals surface area (Å²) in [6.45, 7) is 7.90. The molecule has 2 fully saturated rings. The molecule has 0 bridgehead atoms. The van der Waals surface area contributed by atoms with Crippen molar-refractivity contribution in [2.24, 2.45) is 11.3 Å². The van der Waals surface area contributed by atoms with E-state index < -0.39 is 0 Å². The number of hydrogen-bond donors (Lipinski definition) is 1. The van der Waals surface area contributed by atoms with Crippen LogP contribution in [-0.4, -0.2) is 37.3 Å². The Morgan fingerprint density at radius 2 is 2.31 bits per heavy atom. The van der Waals surface area contributed by atoms with Crippen molar-refractivity contribution in [2.45, 2.75) is 39.2 Å². The number of hydrogen-bond acceptors (Lipinski definition) is 3. The molecule has 1 N–H and O–H groups in total. The summed E-state index contributed by atoms with van der Waals surface area (Å²) < 4.78 is 5.53. The molecule has 0 aromatic carbocycles. The number of ether oxygens (including phenoxy) is 1. The molecule has 2 unspecified atom stereocenters. The molecule has 16 heavy (non-hydrogen) atoms. The highest BCUT2D eigenvalue weighted by atomic mass is 32.2. The third kappa shape index (κ3) is 3.38. The molecule has 0 amide bonds. The summed E-state index contributed by atoms with van der Waals surface area (Å²) in [6.07, 6.45) is 3.93. The van der Waals surface area contributed by atoms with Crippen LogP contribution in [-0.2, 0) is 4.74 Å². The van der Waals surface area contributed by atoms with Crippen molar-refractivity contribution in [2.75, 3.05) is 31.3 Å². The first-order chi connectivity index (χ1) is 7.68. The van der Waals surface area contributed by atoms with E-state index >= 15 is 0 Å². The van der Waals surface area contributed by atoms with Gasteiger partial charge in [0.15, 0.2) is 0 Å². The Balaban J connectivity index is 1.75. The molecule has 0 spiro atoms. The van der Waals surface area contributed by atoms with Crippen LogP contribution >= 0.6 is 11.8 Å². The summed E-state index contributed by atoms with van der Waals surface area (Å²) in [6, 6.07) is 0.688. The Bertz CT molecular complexity index is 214. The van der Waals surface area contributed by atoms with Crippen LogP contribution in [0.5, 0.6) is 0 Å². The predicted molar refractivity (Wildman–Crippen MR) is 71.1 cm³/mol. The minimum atomic E-state index is 0.473. The van der Waals surface area contributed by atoms with E-state index in [2.05, 4.69) is 30.9 Å². The van der Waals surface area contributed by atoms with Crippen LogP contribution in [0.15, 0.2) is 0 Å². The van der Waals surface area contributed by atoms with E-state index in [1.54, 1.807) is 0 Å². The van der Waals surface area contributed by atoms with Crippen molar-refractivity contribution in [3.63, 3.8) is 0 Å². The van der Waals surface area contributed by atoms with Gasteiger partial charge in [-0.1, -0.05) is 13.8 Å². The van der Waals surface area contributed by atoms with E-state index in [9.17, 15) is 0 Å². The first kappa shape index (κ1) is 12.7. The highest BCUT2D eigenvalue weighted by Crippen LogP contribution is 2.34. The summed E-state index contributed by atoms with van der Waals surface area (Å²) >= 11 is 2.10. The summed E-state index contributed by atoms with van der Waals surface area (Å²) in [4.78, 5) is 0. The average molecular weight is 243 g/mol. The van der Waals surface area contributed by atoms with Crippen LogP contribution < -0.4 is 5.32 Å². The summed E-state index contributed by atoms with van der Waals surface area (Å²) in [5, 5.41) is 3.78. The monoisotopic (exact) mass is 243 g/mol. The maximum Gasteiger partial charge on any atom is 0.0506 e. The molecule has 2 rings (SSSR count). The maximum absolute atomic E-state index is 5.53. The smallest absolute Gasteiger partial charge is 0.0506 e. The quantitative estimate of drug-likeness (QED) is 0.823. The van der Waals surface area contributed by atoms with Crippen LogP contribution in [0.25, 0.3) is 0 Å². The van der Waals surface area contributed by atoms with Gasteiger partial charge in [-0.25, -0.2) is 0 Å². The molecule has 0 radical (unpaired) electrons. The van der Waals surface area contributed by atoms with Gasteiger partial charge in [0, 0.05) is 24.9 Å². The van der Waals surface area contributed by atoms with Gasteiger partial charge >= 0.3 is 0 Å². The van der Waals surface area contributed by atoms with E-state index in [4.69, 9.17) is 4.74 Å². The molecule has 3 heteroatoms. The fraction of sp³-hybridized carbons (Fsp3) is 1.00. The number of nitrogens with one attached hydrogen (secondary N) is 1. The number of rotatable bonds is 3. The molecule has 2 aliphatic heterocycles. The lowest BCUT2D eigenvalue weighted by Crippen LogP contribution is -2.48. The molecule has 0 aromatic heterocycles. The fourth-order valence-electron chi connectivity index (χ4n) is 2.55.